The predicted octanol–water partition coefficient (Wildman–Crippen LogP) is 1.93. The van der Waals surface area contributed by atoms with Gasteiger partial charge in [0.05, 0.1) is 17.1 Å². The number of rotatable bonds is 3. The summed E-state index contributed by atoms with van der Waals surface area (Å²) in [5, 5.41) is 7.41. The summed E-state index contributed by atoms with van der Waals surface area (Å²) in [4.78, 5) is 9.15. The van der Waals surface area contributed by atoms with E-state index in [1.165, 1.54) is 0 Å². The number of aromatic nitrogens is 4. The summed E-state index contributed by atoms with van der Waals surface area (Å²) in [6.07, 6.45) is 1.77. The molecule has 0 saturated heterocycles. The Bertz CT molecular complexity index is 530. The molecular weight excluding hydrogens is 214 g/mol. The Morgan fingerprint density at radius 2 is 1.94 bits per heavy atom. The van der Waals surface area contributed by atoms with Gasteiger partial charge < -0.3 is 5.32 Å². The van der Waals surface area contributed by atoms with Crippen LogP contribution in [0.25, 0.3) is 11.4 Å². The Hall–Kier alpha value is -1.91. The summed E-state index contributed by atoms with van der Waals surface area (Å²) in [6.45, 7) is 6.81. The van der Waals surface area contributed by atoms with E-state index in [1.54, 1.807) is 10.9 Å². The van der Waals surface area contributed by atoms with Crippen molar-refractivity contribution in [2.45, 2.75) is 20.8 Å². The van der Waals surface area contributed by atoms with Crippen LogP contribution in [0.2, 0.25) is 0 Å². The molecule has 0 aliphatic heterocycles. The molecular formula is C12H17N5. The third-order valence-electron chi connectivity index (χ3n) is 2.71. The molecule has 0 bridgehead atoms. The molecule has 0 atom stereocenters. The molecule has 0 spiro atoms. The molecule has 5 heteroatoms. The first-order valence-electron chi connectivity index (χ1n) is 5.71. The summed E-state index contributed by atoms with van der Waals surface area (Å²) in [5.41, 5.74) is 3.72. The van der Waals surface area contributed by atoms with Gasteiger partial charge in [0.2, 0.25) is 0 Å². The highest BCUT2D eigenvalue weighted by atomic mass is 15.3. The zero-order chi connectivity index (χ0) is 12.4. The number of aryl methyl sites for hydroxylation is 3. The Labute approximate surface area is 101 Å². The largest absolute Gasteiger partial charge is 0.368 e. The summed E-state index contributed by atoms with van der Waals surface area (Å²) < 4.78 is 1.81. The third-order valence-corrected chi connectivity index (χ3v) is 2.71. The van der Waals surface area contributed by atoms with Crippen molar-refractivity contribution in [3.63, 3.8) is 0 Å². The fourth-order valence-corrected chi connectivity index (χ4v) is 1.68. The van der Waals surface area contributed by atoms with Crippen LogP contribution < -0.4 is 5.32 Å². The second-order valence-electron chi connectivity index (χ2n) is 3.96. The molecule has 0 amide bonds. The molecule has 1 N–H and O–H groups in total. The fourth-order valence-electron chi connectivity index (χ4n) is 1.68. The monoisotopic (exact) mass is 231 g/mol. The summed E-state index contributed by atoms with van der Waals surface area (Å²) >= 11 is 0. The lowest BCUT2D eigenvalue weighted by atomic mass is 10.2. The van der Waals surface area contributed by atoms with Crippen molar-refractivity contribution in [1.82, 2.24) is 19.7 Å². The van der Waals surface area contributed by atoms with E-state index in [-0.39, 0.29) is 0 Å². The second-order valence-corrected chi connectivity index (χ2v) is 3.96. The summed E-state index contributed by atoms with van der Waals surface area (Å²) in [6, 6.07) is 1.94. The molecule has 5 nitrogen and oxygen atoms in total. The number of nitrogens with zero attached hydrogens (tertiary/aromatic N) is 4. The quantitative estimate of drug-likeness (QED) is 0.877. The maximum Gasteiger partial charge on any atom is 0.154 e. The molecule has 2 rings (SSSR count). The van der Waals surface area contributed by atoms with Gasteiger partial charge in [-0.25, -0.2) is 9.97 Å². The Balaban J connectivity index is 2.59. The van der Waals surface area contributed by atoms with E-state index in [4.69, 9.17) is 0 Å². The van der Waals surface area contributed by atoms with Gasteiger partial charge in [-0.05, 0) is 26.8 Å². The van der Waals surface area contributed by atoms with Gasteiger partial charge in [-0.3, -0.25) is 4.68 Å². The molecule has 2 heterocycles. The van der Waals surface area contributed by atoms with Crippen LogP contribution in [0.15, 0.2) is 12.3 Å². The van der Waals surface area contributed by atoms with Crippen LogP contribution in [0.1, 0.15) is 18.3 Å². The Morgan fingerprint density at radius 1 is 1.24 bits per heavy atom. The predicted molar refractivity (Wildman–Crippen MR) is 67.9 cm³/mol. The van der Waals surface area contributed by atoms with Crippen molar-refractivity contribution in [3.8, 4) is 11.4 Å². The first-order valence-corrected chi connectivity index (χ1v) is 5.71. The third kappa shape index (κ3) is 2.13. The van der Waals surface area contributed by atoms with E-state index in [9.17, 15) is 0 Å². The molecule has 0 aliphatic rings. The van der Waals surface area contributed by atoms with E-state index in [0.717, 1.165) is 35.1 Å². The highest BCUT2D eigenvalue weighted by Crippen LogP contribution is 2.24. The Morgan fingerprint density at radius 3 is 2.53 bits per heavy atom. The van der Waals surface area contributed by atoms with Gasteiger partial charge in [0.25, 0.3) is 0 Å². The molecule has 90 valence electrons. The zero-order valence-corrected chi connectivity index (χ0v) is 10.7. The molecule has 0 aliphatic carbocycles. The first kappa shape index (κ1) is 11.6. The lowest BCUT2D eigenvalue weighted by Gasteiger charge is -2.11. The van der Waals surface area contributed by atoms with Gasteiger partial charge in [-0.2, -0.15) is 5.10 Å². The van der Waals surface area contributed by atoms with E-state index in [2.05, 4.69) is 20.4 Å². The molecule has 0 aromatic carbocycles. The van der Waals surface area contributed by atoms with Crippen molar-refractivity contribution in [1.29, 1.82) is 0 Å². The summed E-state index contributed by atoms with van der Waals surface area (Å²) in [5.74, 6) is 0.819. The van der Waals surface area contributed by atoms with Gasteiger partial charge in [0, 0.05) is 19.8 Å². The van der Waals surface area contributed by atoms with E-state index < -0.39 is 0 Å². The molecule has 0 radical (unpaired) electrons. The number of nitrogens with one attached hydrogen (secondary N) is 1. The molecule has 0 saturated carbocycles. The topological polar surface area (TPSA) is 55.6 Å². The van der Waals surface area contributed by atoms with E-state index in [1.807, 2.05) is 33.9 Å². The highest BCUT2D eigenvalue weighted by Gasteiger charge is 2.13. The lowest BCUT2D eigenvalue weighted by molar-refractivity contribution is 0.772. The molecule has 17 heavy (non-hydrogen) atoms. The van der Waals surface area contributed by atoms with Crippen LogP contribution in [0.3, 0.4) is 0 Å². The van der Waals surface area contributed by atoms with E-state index in [0.29, 0.717) is 0 Å². The Kier molecular flexibility index (Phi) is 3.08. The molecule has 0 unspecified atom stereocenters. The van der Waals surface area contributed by atoms with Crippen LogP contribution in [-0.2, 0) is 7.05 Å². The van der Waals surface area contributed by atoms with E-state index >= 15 is 0 Å². The van der Waals surface area contributed by atoms with Gasteiger partial charge in [0.15, 0.2) is 5.82 Å². The van der Waals surface area contributed by atoms with Crippen LogP contribution in [0.5, 0.6) is 0 Å². The minimum atomic E-state index is 0.819. The number of anilines is 1. The normalized spacial score (nSPS) is 10.6. The van der Waals surface area contributed by atoms with Crippen molar-refractivity contribution in [3.05, 3.63) is 23.7 Å². The maximum absolute atomic E-state index is 4.61. The van der Waals surface area contributed by atoms with Gasteiger partial charge >= 0.3 is 0 Å². The van der Waals surface area contributed by atoms with Gasteiger partial charge in [0.1, 0.15) is 5.69 Å². The van der Waals surface area contributed by atoms with Crippen molar-refractivity contribution in [2.75, 3.05) is 11.9 Å². The molecule has 2 aromatic heterocycles. The fraction of sp³-hybridized carbons (Fsp3) is 0.417. The first-order chi connectivity index (χ1) is 8.13. The number of hydrogen-bond donors (Lipinski definition) is 1. The summed E-state index contributed by atoms with van der Waals surface area (Å²) in [7, 11) is 1.90. The van der Waals surface area contributed by atoms with Crippen molar-refractivity contribution < 1.29 is 0 Å². The van der Waals surface area contributed by atoms with Crippen molar-refractivity contribution >= 4 is 5.82 Å². The second kappa shape index (κ2) is 4.53. The maximum atomic E-state index is 4.61. The lowest BCUT2D eigenvalue weighted by Crippen LogP contribution is -2.08. The SMILES string of the molecule is CCNc1nc(C)c(C)nc1-c1ccnn1C. The van der Waals surface area contributed by atoms with Crippen LogP contribution in [-0.4, -0.2) is 26.3 Å². The minimum Gasteiger partial charge on any atom is -0.368 e. The van der Waals surface area contributed by atoms with Crippen LogP contribution in [0.4, 0.5) is 5.82 Å². The van der Waals surface area contributed by atoms with Crippen LogP contribution >= 0.6 is 0 Å². The average molecular weight is 231 g/mol. The van der Waals surface area contributed by atoms with Crippen molar-refractivity contribution in [2.24, 2.45) is 7.05 Å². The van der Waals surface area contributed by atoms with Crippen LogP contribution in [0, 0.1) is 13.8 Å². The smallest absolute Gasteiger partial charge is 0.154 e. The zero-order valence-electron chi connectivity index (χ0n) is 10.7. The molecule has 0 fully saturated rings. The van der Waals surface area contributed by atoms with Gasteiger partial charge in [-0.15, -0.1) is 0 Å². The number of hydrogen-bond acceptors (Lipinski definition) is 4. The highest BCUT2D eigenvalue weighted by molar-refractivity contribution is 5.68. The molecule has 2 aromatic rings. The average Bonchev–Trinajstić information content (AvgIpc) is 2.70. The standard InChI is InChI=1S/C12H17N5/c1-5-13-12-11(10-6-7-14-17(10)4)15-8(2)9(3)16-12/h6-7H,5H2,1-4H3,(H,13,16). The minimum absolute atomic E-state index is 0.819. The van der Waals surface area contributed by atoms with Gasteiger partial charge in [-0.1, -0.05) is 0 Å².